The highest BCUT2D eigenvalue weighted by atomic mass is 16.5. The molecule has 1 aliphatic heterocycles. The third kappa shape index (κ3) is 2.39. The summed E-state index contributed by atoms with van der Waals surface area (Å²) < 4.78 is 16.9. The molecule has 0 N–H and O–H groups in total. The first-order valence-electron chi connectivity index (χ1n) is 8.46. The lowest BCUT2D eigenvalue weighted by atomic mass is 9.89. The minimum atomic E-state index is -0.522. The molecule has 3 aromatic rings. The number of hydrogen-bond acceptors (Lipinski definition) is 5. The number of ketones is 1. The van der Waals surface area contributed by atoms with E-state index in [2.05, 4.69) is 0 Å². The summed E-state index contributed by atoms with van der Waals surface area (Å²) in [4.78, 5) is 25.2. The number of benzene rings is 2. The van der Waals surface area contributed by atoms with E-state index in [9.17, 15) is 9.59 Å². The normalized spacial score (nSPS) is 19.1. The molecule has 5 heteroatoms. The minimum absolute atomic E-state index is 0.0974. The number of fused-ring (bicyclic) bond motifs is 3. The number of carbonyl (C=O) groups excluding carboxylic acids is 1. The van der Waals surface area contributed by atoms with E-state index in [1.807, 2.05) is 44.2 Å². The van der Waals surface area contributed by atoms with Crippen molar-refractivity contribution in [2.75, 3.05) is 7.11 Å². The number of rotatable bonds is 2. The maximum absolute atomic E-state index is 12.9. The highest BCUT2D eigenvalue weighted by Gasteiger charge is 2.35. The Bertz CT molecular complexity index is 1070. The first kappa shape index (κ1) is 16.4. The average molecular weight is 350 g/mol. The van der Waals surface area contributed by atoms with Crippen LogP contribution in [0.15, 0.2) is 51.7 Å². The summed E-state index contributed by atoms with van der Waals surface area (Å²) in [7, 11) is 1.54. The second-order valence-electron chi connectivity index (χ2n) is 6.48. The van der Waals surface area contributed by atoms with E-state index >= 15 is 0 Å². The van der Waals surface area contributed by atoms with Gasteiger partial charge in [-0.1, -0.05) is 37.3 Å². The Labute approximate surface area is 150 Å². The Morgan fingerprint density at radius 3 is 2.46 bits per heavy atom. The lowest BCUT2D eigenvalue weighted by Gasteiger charge is -2.28. The van der Waals surface area contributed by atoms with Gasteiger partial charge in [0.2, 0.25) is 0 Å². The zero-order valence-electron chi connectivity index (χ0n) is 14.7. The molecule has 2 heterocycles. The Morgan fingerprint density at radius 1 is 1.04 bits per heavy atom. The van der Waals surface area contributed by atoms with Crippen molar-refractivity contribution in [2.24, 2.45) is 5.92 Å². The molecule has 2 aromatic carbocycles. The summed E-state index contributed by atoms with van der Waals surface area (Å²) in [5.74, 6) is 0.457. The summed E-state index contributed by atoms with van der Waals surface area (Å²) in [5, 5.41) is 0.593. The lowest BCUT2D eigenvalue weighted by molar-refractivity contribution is 0.0731. The van der Waals surface area contributed by atoms with Gasteiger partial charge in [0.05, 0.1) is 18.4 Å². The van der Waals surface area contributed by atoms with Gasteiger partial charge >= 0.3 is 5.63 Å². The van der Waals surface area contributed by atoms with Crippen LogP contribution in [0, 0.1) is 5.92 Å². The van der Waals surface area contributed by atoms with Gasteiger partial charge in [-0.3, -0.25) is 4.79 Å². The molecule has 1 aliphatic rings. The lowest BCUT2D eigenvalue weighted by Crippen LogP contribution is -2.33. The van der Waals surface area contributed by atoms with Crippen LogP contribution in [-0.2, 0) is 0 Å². The third-order valence-corrected chi connectivity index (χ3v) is 4.92. The summed E-state index contributed by atoms with van der Waals surface area (Å²) in [6.07, 6.45) is -0.263. The molecule has 4 rings (SSSR count). The van der Waals surface area contributed by atoms with E-state index in [0.29, 0.717) is 28.0 Å². The minimum Gasteiger partial charge on any atom is -0.496 e. The van der Waals surface area contributed by atoms with Crippen molar-refractivity contribution in [3.63, 3.8) is 0 Å². The summed E-state index contributed by atoms with van der Waals surface area (Å²) in [6, 6.07) is 12.6. The topological polar surface area (TPSA) is 65.7 Å². The number of hydrogen-bond donors (Lipinski definition) is 0. The van der Waals surface area contributed by atoms with Crippen molar-refractivity contribution in [3.05, 3.63) is 58.4 Å². The first-order chi connectivity index (χ1) is 12.5. The van der Waals surface area contributed by atoms with Crippen molar-refractivity contribution in [3.8, 4) is 22.6 Å². The molecule has 0 saturated carbocycles. The first-order valence-corrected chi connectivity index (χ1v) is 8.46. The van der Waals surface area contributed by atoms with Crippen LogP contribution in [0.3, 0.4) is 0 Å². The molecule has 0 bridgehead atoms. The zero-order valence-corrected chi connectivity index (χ0v) is 14.7. The van der Waals surface area contributed by atoms with Crippen LogP contribution in [0.25, 0.3) is 22.1 Å². The van der Waals surface area contributed by atoms with Crippen LogP contribution in [0.2, 0.25) is 0 Å². The Morgan fingerprint density at radius 2 is 1.77 bits per heavy atom. The SMILES string of the molecule is COc1cc2c(c3oc(=O)cc(-c4ccccc4)c13)C(=O)C(C)C(C)O2. The zero-order chi connectivity index (χ0) is 18.4. The van der Waals surface area contributed by atoms with E-state index < -0.39 is 5.63 Å². The van der Waals surface area contributed by atoms with E-state index in [1.54, 1.807) is 6.07 Å². The highest BCUT2D eigenvalue weighted by Crippen LogP contribution is 2.43. The van der Waals surface area contributed by atoms with Crippen molar-refractivity contribution < 1.29 is 18.7 Å². The number of Topliss-reactive ketones (excluding diaryl/α,β-unsaturated/α-hetero) is 1. The van der Waals surface area contributed by atoms with Gasteiger partial charge in [0, 0.05) is 17.7 Å². The van der Waals surface area contributed by atoms with Crippen molar-refractivity contribution in [1.29, 1.82) is 0 Å². The van der Waals surface area contributed by atoms with Gasteiger partial charge in [0.1, 0.15) is 23.2 Å². The van der Waals surface area contributed by atoms with Crippen LogP contribution in [0.4, 0.5) is 0 Å². The molecular formula is C21H18O5. The van der Waals surface area contributed by atoms with E-state index in [-0.39, 0.29) is 23.4 Å². The second-order valence-corrected chi connectivity index (χ2v) is 6.48. The summed E-state index contributed by atoms with van der Waals surface area (Å²) >= 11 is 0. The maximum atomic E-state index is 12.9. The fraction of sp³-hybridized carbons (Fsp3) is 0.238. The number of ether oxygens (including phenoxy) is 2. The molecule has 0 saturated heterocycles. The predicted molar refractivity (Wildman–Crippen MR) is 98.1 cm³/mol. The molecule has 26 heavy (non-hydrogen) atoms. The monoisotopic (exact) mass is 350 g/mol. The second kappa shape index (κ2) is 6.02. The molecule has 0 amide bonds. The van der Waals surface area contributed by atoms with Crippen LogP contribution in [0.1, 0.15) is 24.2 Å². The standard InChI is InChI=1S/C21H18O5/c1-11-12(2)25-16-10-15(24-3)18-14(13-7-5-4-6-8-13)9-17(22)26-21(18)19(16)20(11)23/h4-12H,1-3H3. The van der Waals surface area contributed by atoms with Gasteiger partial charge < -0.3 is 13.9 Å². The van der Waals surface area contributed by atoms with E-state index in [4.69, 9.17) is 13.9 Å². The van der Waals surface area contributed by atoms with Crippen molar-refractivity contribution >= 4 is 16.8 Å². The number of carbonyl (C=O) groups is 1. The van der Waals surface area contributed by atoms with Gasteiger partial charge in [-0.05, 0) is 12.5 Å². The quantitative estimate of drug-likeness (QED) is 0.652. The Kier molecular flexibility index (Phi) is 3.80. The van der Waals surface area contributed by atoms with Crippen molar-refractivity contribution in [1.82, 2.24) is 0 Å². The fourth-order valence-corrected chi connectivity index (χ4v) is 3.37. The van der Waals surface area contributed by atoms with Gasteiger partial charge in [0.25, 0.3) is 0 Å². The van der Waals surface area contributed by atoms with Gasteiger partial charge in [-0.2, -0.15) is 0 Å². The largest absolute Gasteiger partial charge is 0.496 e. The Balaban J connectivity index is 2.15. The maximum Gasteiger partial charge on any atom is 0.336 e. The van der Waals surface area contributed by atoms with Crippen LogP contribution in [-0.4, -0.2) is 19.0 Å². The number of methoxy groups -OCH3 is 1. The fourth-order valence-electron chi connectivity index (χ4n) is 3.37. The van der Waals surface area contributed by atoms with Crippen molar-refractivity contribution in [2.45, 2.75) is 20.0 Å². The van der Waals surface area contributed by atoms with Crippen LogP contribution in [0.5, 0.6) is 11.5 Å². The van der Waals surface area contributed by atoms with Gasteiger partial charge in [-0.25, -0.2) is 4.79 Å². The van der Waals surface area contributed by atoms with Gasteiger partial charge in [-0.15, -0.1) is 0 Å². The molecule has 2 unspecified atom stereocenters. The van der Waals surface area contributed by atoms with E-state index in [0.717, 1.165) is 5.56 Å². The van der Waals surface area contributed by atoms with Crippen LogP contribution >= 0.6 is 0 Å². The molecule has 132 valence electrons. The molecule has 2 atom stereocenters. The average Bonchev–Trinajstić information content (AvgIpc) is 2.65. The summed E-state index contributed by atoms with van der Waals surface area (Å²) in [6.45, 7) is 3.66. The van der Waals surface area contributed by atoms with Gasteiger partial charge in [0.15, 0.2) is 11.4 Å². The van der Waals surface area contributed by atoms with Crippen LogP contribution < -0.4 is 15.1 Å². The van der Waals surface area contributed by atoms with E-state index in [1.165, 1.54) is 13.2 Å². The molecule has 0 fully saturated rings. The third-order valence-electron chi connectivity index (χ3n) is 4.92. The Hall–Kier alpha value is -3.08. The smallest absolute Gasteiger partial charge is 0.336 e. The summed E-state index contributed by atoms with van der Waals surface area (Å²) in [5.41, 5.74) is 1.51. The highest BCUT2D eigenvalue weighted by molar-refractivity contribution is 6.14. The molecule has 5 nitrogen and oxygen atoms in total. The molecule has 0 aliphatic carbocycles. The predicted octanol–water partition coefficient (Wildman–Crippen LogP) is 4.07. The molecular weight excluding hydrogens is 332 g/mol. The molecule has 1 aromatic heterocycles. The molecule has 0 spiro atoms. The molecule has 0 radical (unpaired) electrons.